The number of aromatic nitrogens is 2. The average molecular weight is 476 g/mol. The molecule has 7 nitrogen and oxygen atoms in total. The molecule has 0 atom stereocenters. The van der Waals surface area contributed by atoms with Gasteiger partial charge in [0.15, 0.2) is 0 Å². The van der Waals surface area contributed by atoms with Gasteiger partial charge in [-0.15, -0.1) is 11.3 Å². The molecule has 0 spiro atoms. The molecule has 0 bridgehead atoms. The largest absolute Gasteiger partial charge is 0.494 e. The number of nitrogens with zero attached hydrogens (tertiary/aromatic N) is 3. The fourth-order valence-corrected chi connectivity index (χ4v) is 5.66. The van der Waals surface area contributed by atoms with E-state index in [1.54, 1.807) is 47.8 Å². The highest BCUT2D eigenvalue weighted by Crippen LogP contribution is 2.36. The highest BCUT2D eigenvalue weighted by molar-refractivity contribution is 7.93. The third kappa shape index (κ3) is 4.16. The molecule has 2 aromatic heterocycles. The van der Waals surface area contributed by atoms with E-state index >= 15 is 0 Å². The molecular formula is C21H18ClN3O4S2. The van der Waals surface area contributed by atoms with Crippen LogP contribution in [0.3, 0.4) is 0 Å². The molecule has 31 heavy (non-hydrogen) atoms. The molecule has 0 saturated heterocycles. The maximum absolute atomic E-state index is 13.3. The molecule has 0 aliphatic heterocycles. The minimum Gasteiger partial charge on any atom is -0.494 e. The van der Waals surface area contributed by atoms with E-state index in [2.05, 4.69) is 10.1 Å². The molecule has 10 heteroatoms. The number of hydrogen-bond acceptors (Lipinski definition) is 7. The second-order valence-corrected chi connectivity index (χ2v) is 9.68. The van der Waals surface area contributed by atoms with Gasteiger partial charge in [0.2, 0.25) is 5.82 Å². The van der Waals surface area contributed by atoms with Gasteiger partial charge < -0.3 is 9.26 Å². The number of hydrogen-bond donors (Lipinski definition) is 0. The minimum absolute atomic E-state index is 0.0863. The number of ether oxygens (including phenoxy) is 1. The molecule has 0 radical (unpaired) electrons. The zero-order valence-electron chi connectivity index (χ0n) is 16.6. The molecule has 0 saturated carbocycles. The third-order valence-electron chi connectivity index (χ3n) is 4.51. The van der Waals surface area contributed by atoms with Crippen LogP contribution in [0, 0.1) is 0 Å². The summed E-state index contributed by atoms with van der Waals surface area (Å²) in [4.78, 5) is 4.82. The van der Waals surface area contributed by atoms with Crippen molar-refractivity contribution in [3.8, 4) is 27.9 Å². The number of anilines is 1. The smallest absolute Gasteiger partial charge is 0.269 e. The number of rotatable bonds is 7. The van der Waals surface area contributed by atoms with Gasteiger partial charge in [0.25, 0.3) is 15.9 Å². The summed E-state index contributed by atoms with van der Waals surface area (Å²) in [6.07, 6.45) is 0. The van der Waals surface area contributed by atoms with Crippen molar-refractivity contribution in [2.45, 2.75) is 11.8 Å². The van der Waals surface area contributed by atoms with E-state index in [0.29, 0.717) is 33.5 Å². The molecule has 4 rings (SSSR count). The van der Waals surface area contributed by atoms with Crippen LogP contribution in [0.2, 0.25) is 5.02 Å². The summed E-state index contributed by atoms with van der Waals surface area (Å²) in [6.45, 7) is 2.42. The lowest BCUT2D eigenvalue weighted by Gasteiger charge is -2.19. The summed E-state index contributed by atoms with van der Waals surface area (Å²) >= 11 is 7.42. The Bertz CT molecular complexity index is 1300. The first kappa shape index (κ1) is 21.4. The van der Waals surface area contributed by atoms with Crippen LogP contribution >= 0.6 is 22.9 Å². The number of sulfonamides is 1. The first-order valence-electron chi connectivity index (χ1n) is 9.30. The van der Waals surface area contributed by atoms with Crippen LogP contribution in [0.15, 0.2) is 69.4 Å². The van der Waals surface area contributed by atoms with Gasteiger partial charge in [-0.3, -0.25) is 4.31 Å². The van der Waals surface area contributed by atoms with Crippen LogP contribution in [-0.4, -0.2) is 32.2 Å². The van der Waals surface area contributed by atoms with E-state index in [0.717, 1.165) is 0 Å². The Morgan fingerprint density at radius 3 is 2.58 bits per heavy atom. The van der Waals surface area contributed by atoms with E-state index in [1.807, 2.05) is 13.0 Å². The molecule has 4 aromatic rings. The van der Waals surface area contributed by atoms with E-state index in [-0.39, 0.29) is 16.6 Å². The first-order valence-corrected chi connectivity index (χ1v) is 12.0. The third-order valence-corrected chi connectivity index (χ3v) is 7.70. The first-order chi connectivity index (χ1) is 14.9. The van der Waals surface area contributed by atoms with Crippen LogP contribution in [0.1, 0.15) is 6.92 Å². The fourth-order valence-electron chi connectivity index (χ4n) is 2.93. The molecule has 0 amide bonds. The van der Waals surface area contributed by atoms with Crippen molar-refractivity contribution in [3.05, 3.63) is 65.0 Å². The second-order valence-electron chi connectivity index (χ2n) is 6.42. The van der Waals surface area contributed by atoms with Gasteiger partial charge in [0.1, 0.15) is 15.5 Å². The van der Waals surface area contributed by atoms with Crippen LogP contribution in [-0.2, 0) is 10.0 Å². The summed E-state index contributed by atoms with van der Waals surface area (Å²) in [5.74, 6) is 1.08. The minimum atomic E-state index is -3.87. The zero-order valence-corrected chi connectivity index (χ0v) is 19.0. The van der Waals surface area contributed by atoms with Crippen LogP contribution < -0.4 is 9.04 Å². The predicted molar refractivity (Wildman–Crippen MR) is 121 cm³/mol. The van der Waals surface area contributed by atoms with Gasteiger partial charge in [0, 0.05) is 12.6 Å². The maximum atomic E-state index is 13.3. The summed E-state index contributed by atoms with van der Waals surface area (Å²) in [6, 6.07) is 15.5. The van der Waals surface area contributed by atoms with E-state index in [4.69, 9.17) is 20.9 Å². The Morgan fingerprint density at radius 1 is 1.13 bits per heavy atom. The van der Waals surface area contributed by atoms with E-state index in [9.17, 15) is 8.42 Å². The Morgan fingerprint density at radius 2 is 1.87 bits per heavy atom. The SMILES string of the molecule is CCOc1ccc(N(C)S(=O)(=O)c2ccsc2-c2nc(-c3ccccc3Cl)no2)cc1. The molecule has 2 heterocycles. The lowest BCUT2D eigenvalue weighted by Crippen LogP contribution is -2.26. The van der Waals surface area contributed by atoms with Crippen molar-refractivity contribution >= 4 is 38.6 Å². The molecule has 0 fully saturated rings. The fraction of sp³-hybridized carbons (Fsp3) is 0.143. The second kappa shape index (κ2) is 8.70. The molecule has 0 unspecified atom stereocenters. The number of benzene rings is 2. The molecule has 2 aromatic carbocycles. The lowest BCUT2D eigenvalue weighted by atomic mass is 10.2. The quantitative estimate of drug-likeness (QED) is 0.358. The van der Waals surface area contributed by atoms with Crippen molar-refractivity contribution in [3.63, 3.8) is 0 Å². The van der Waals surface area contributed by atoms with Crippen molar-refractivity contribution in [2.75, 3.05) is 18.0 Å². The average Bonchev–Trinajstić information content (AvgIpc) is 3.44. The number of thiophene rings is 1. The van der Waals surface area contributed by atoms with Crippen molar-refractivity contribution < 1.29 is 17.7 Å². The highest BCUT2D eigenvalue weighted by atomic mass is 35.5. The highest BCUT2D eigenvalue weighted by Gasteiger charge is 2.29. The van der Waals surface area contributed by atoms with Gasteiger partial charge >= 0.3 is 0 Å². The summed E-state index contributed by atoms with van der Waals surface area (Å²) in [5.41, 5.74) is 1.11. The lowest BCUT2D eigenvalue weighted by molar-refractivity contribution is 0.340. The van der Waals surface area contributed by atoms with E-state index in [1.165, 1.54) is 28.8 Å². The van der Waals surface area contributed by atoms with Crippen molar-refractivity contribution in [1.29, 1.82) is 0 Å². The standard InChI is InChI=1S/C21H18ClN3O4S2/c1-3-28-15-10-8-14(9-11-15)25(2)31(26,27)18-12-13-30-19(18)21-23-20(24-29-21)16-6-4-5-7-17(16)22/h4-13H,3H2,1-2H3. The molecule has 0 aliphatic rings. The van der Waals surface area contributed by atoms with Crippen LogP contribution in [0.5, 0.6) is 5.75 Å². The van der Waals surface area contributed by atoms with Crippen LogP contribution in [0.4, 0.5) is 5.69 Å². The topological polar surface area (TPSA) is 85.5 Å². The number of halogens is 1. The van der Waals surface area contributed by atoms with Gasteiger partial charge in [-0.2, -0.15) is 4.98 Å². The van der Waals surface area contributed by atoms with Gasteiger partial charge in [-0.05, 0) is 54.8 Å². The zero-order chi connectivity index (χ0) is 22.0. The van der Waals surface area contributed by atoms with Gasteiger partial charge in [-0.25, -0.2) is 8.42 Å². The summed E-state index contributed by atoms with van der Waals surface area (Å²) in [5, 5.41) is 6.12. The Kier molecular flexibility index (Phi) is 5.99. The van der Waals surface area contributed by atoms with E-state index < -0.39 is 10.0 Å². The molecule has 0 aliphatic carbocycles. The van der Waals surface area contributed by atoms with Crippen LogP contribution in [0.25, 0.3) is 22.2 Å². The summed E-state index contributed by atoms with van der Waals surface area (Å²) < 4.78 is 38.6. The Hall–Kier alpha value is -2.88. The summed E-state index contributed by atoms with van der Waals surface area (Å²) in [7, 11) is -2.37. The van der Waals surface area contributed by atoms with Gasteiger partial charge in [0.05, 0.1) is 17.3 Å². The predicted octanol–water partition coefficient (Wildman–Crippen LogP) is 5.34. The van der Waals surface area contributed by atoms with Crippen molar-refractivity contribution in [1.82, 2.24) is 10.1 Å². The van der Waals surface area contributed by atoms with Gasteiger partial charge in [-0.1, -0.05) is 28.9 Å². The maximum Gasteiger partial charge on any atom is 0.269 e. The monoisotopic (exact) mass is 475 g/mol. The Labute approximate surface area is 188 Å². The molecule has 160 valence electrons. The Balaban J connectivity index is 1.67. The van der Waals surface area contributed by atoms with Crippen molar-refractivity contribution in [2.24, 2.45) is 0 Å². The normalized spacial score (nSPS) is 11.5. The molecular weight excluding hydrogens is 458 g/mol. The molecule has 0 N–H and O–H groups in total.